The first-order valence-electron chi connectivity index (χ1n) is 8.60. The summed E-state index contributed by atoms with van der Waals surface area (Å²) in [5.41, 5.74) is 2.86. The fourth-order valence-corrected chi connectivity index (χ4v) is 3.90. The topological polar surface area (TPSA) is 76.7 Å². The van der Waals surface area contributed by atoms with Crippen LogP contribution in [-0.2, 0) is 10.0 Å². The molecule has 0 amide bonds. The molecule has 0 aliphatic rings. The Morgan fingerprint density at radius 3 is 2.07 bits per heavy atom. The Morgan fingerprint density at radius 2 is 1.43 bits per heavy atom. The van der Waals surface area contributed by atoms with Crippen LogP contribution in [0, 0.1) is 6.92 Å². The fourth-order valence-electron chi connectivity index (χ4n) is 2.76. The van der Waals surface area contributed by atoms with Crippen molar-refractivity contribution >= 4 is 27.1 Å². The smallest absolute Gasteiger partial charge is 0.261 e. The SMILES string of the molecule is COc1ccc(S(=O)(=O)Nc2ccc(Nc3ccccc3OC)cc2)cc1C. The lowest BCUT2D eigenvalue weighted by Crippen LogP contribution is -2.13. The standard InChI is InChI=1S/C21H22N2O4S/c1-15-14-18(12-13-20(15)26-2)28(24,25)23-17-10-8-16(9-11-17)22-19-6-4-5-7-21(19)27-3/h4-14,22-23H,1-3H3. The Morgan fingerprint density at radius 1 is 0.786 bits per heavy atom. The van der Waals surface area contributed by atoms with E-state index in [2.05, 4.69) is 10.0 Å². The maximum atomic E-state index is 12.6. The number of anilines is 3. The zero-order chi connectivity index (χ0) is 20.1. The molecule has 6 nitrogen and oxygen atoms in total. The van der Waals surface area contributed by atoms with Gasteiger partial charge in [-0.1, -0.05) is 12.1 Å². The number of nitrogens with one attached hydrogen (secondary N) is 2. The Hall–Kier alpha value is -3.19. The molecule has 146 valence electrons. The summed E-state index contributed by atoms with van der Waals surface area (Å²) in [5.74, 6) is 1.37. The molecule has 0 saturated carbocycles. The minimum atomic E-state index is -3.69. The lowest BCUT2D eigenvalue weighted by Gasteiger charge is -2.13. The molecule has 0 aliphatic carbocycles. The molecule has 0 aliphatic heterocycles. The van der Waals surface area contributed by atoms with Crippen LogP contribution in [0.1, 0.15) is 5.56 Å². The third-order valence-corrected chi connectivity index (χ3v) is 5.58. The van der Waals surface area contributed by atoms with Gasteiger partial charge in [-0.3, -0.25) is 4.72 Å². The van der Waals surface area contributed by atoms with Gasteiger partial charge < -0.3 is 14.8 Å². The highest BCUT2D eigenvalue weighted by Crippen LogP contribution is 2.28. The quantitative estimate of drug-likeness (QED) is 0.610. The van der Waals surface area contributed by atoms with Gasteiger partial charge in [0.15, 0.2) is 0 Å². The summed E-state index contributed by atoms with van der Waals surface area (Å²) in [6, 6.07) is 19.3. The maximum Gasteiger partial charge on any atom is 0.261 e. The first-order chi connectivity index (χ1) is 13.4. The number of ether oxygens (including phenoxy) is 2. The van der Waals surface area contributed by atoms with Crippen LogP contribution in [0.3, 0.4) is 0 Å². The molecule has 0 unspecified atom stereocenters. The van der Waals surface area contributed by atoms with Crippen molar-refractivity contribution in [2.75, 3.05) is 24.3 Å². The summed E-state index contributed by atoms with van der Waals surface area (Å²) in [6.45, 7) is 1.80. The van der Waals surface area contributed by atoms with Crippen molar-refractivity contribution in [3.05, 3.63) is 72.3 Å². The molecule has 3 aromatic carbocycles. The first-order valence-corrected chi connectivity index (χ1v) is 10.1. The molecular formula is C21H22N2O4S. The van der Waals surface area contributed by atoms with Gasteiger partial charge in [0.25, 0.3) is 10.0 Å². The molecule has 28 heavy (non-hydrogen) atoms. The first kappa shape index (κ1) is 19.6. The van der Waals surface area contributed by atoms with E-state index in [9.17, 15) is 8.42 Å². The van der Waals surface area contributed by atoms with Crippen LogP contribution in [0.15, 0.2) is 71.6 Å². The average Bonchev–Trinajstić information content (AvgIpc) is 2.69. The van der Waals surface area contributed by atoms with Gasteiger partial charge >= 0.3 is 0 Å². The third-order valence-electron chi connectivity index (χ3n) is 4.20. The van der Waals surface area contributed by atoms with Crippen LogP contribution in [-0.4, -0.2) is 22.6 Å². The number of sulfonamides is 1. The highest BCUT2D eigenvalue weighted by molar-refractivity contribution is 7.92. The monoisotopic (exact) mass is 398 g/mol. The molecule has 0 aromatic heterocycles. The molecule has 0 spiro atoms. The number of hydrogen-bond acceptors (Lipinski definition) is 5. The van der Waals surface area contributed by atoms with E-state index >= 15 is 0 Å². The molecule has 7 heteroatoms. The predicted octanol–water partition coefficient (Wildman–Crippen LogP) is 4.56. The second-order valence-corrected chi connectivity index (χ2v) is 7.82. The van der Waals surface area contributed by atoms with Gasteiger partial charge in [-0.15, -0.1) is 0 Å². The normalized spacial score (nSPS) is 11.0. The Labute approximate surface area is 165 Å². The van der Waals surface area contributed by atoms with Gasteiger partial charge in [-0.25, -0.2) is 8.42 Å². The molecule has 0 bridgehead atoms. The second kappa shape index (κ2) is 8.22. The summed E-state index contributed by atoms with van der Waals surface area (Å²) >= 11 is 0. The van der Waals surface area contributed by atoms with Crippen molar-refractivity contribution in [3.8, 4) is 11.5 Å². The molecule has 0 heterocycles. The van der Waals surface area contributed by atoms with Crippen LogP contribution in [0.5, 0.6) is 11.5 Å². The van der Waals surface area contributed by atoms with Gasteiger partial charge in [-0.2, -0.15) is 0 Å². The van der Waals surface area contributed by atoms with Gasteiger partial charge in [0, 0.05) is 11.4 Å². The summed E-state index contributed by atoms with van der Waals surface area (Å²) in [7, 11) is -0.528. The van der Waals surface area contributed by atoms with Crippen LogP contribution in [0.25, 0.3) is 0 Å². The van der Waals surface area contributed by atoms with Crippen LogP contribution in [0.2, 0.25) is 0 Å². The molecular weight excluding hydrogens is 376 g/mol. The van der Waals surface area contributed by atoms with E-state index < -0.39 is 10.0 Å². The van der Waals surface area contributed by atoms with Gasteiger partial charge in [0.2, 0.25) is 0 Å². The highest BCUT2D eigenvalue weighted by atomic mass is 32.2. The number of benzene rings is 3. The van der Waals surface area contributed by atoms with Gasteiger partial charge in [0.05, 0.1) is 24.8 Å². The molecule has 0 fully saturated rings. The van der Waals surface area contributed by atoms with E-state index in [0.717, 1.165) is 22.7 Å². The van der Waals surface area contributed by atoms with E-state index in [1.54, 1.807) is 57.5 Å². The van der Waals surface area contributed by atoms with E-state index in [-0.39, 0.29) is 4.90 Å². The van der Waals surface area contributed by atoms with Crippen molar-refractivity contribution in [1.29, 1.82) is 0 Å². The average molecular weight is 398 g/mol. The van der Waals surface area contributed by atoms with Crippen molar-refractivity contribution in [2.24, 2.45) is 0 Å². The van der Waals surface area contributed by atoms with Crippen molar-refractivity contribution < 1.29 is 17.9 Å². The summed E-state index contributed by atoms with van der Waals surface area (Å²) < 4.78 is 38.3. The van der Waals surface area contributed by atoms with E-state index in [1.807, 2.05) is 24.3 Å². The van der Waals surface area contributed by atoms with Crippen LogP contribution < -0.4 is 19.5 Å². The molecule has 2 N–H and O–H groups in total. The predicted molar refractivity (Wildman–Crippen MR) is 111 cm³/mol. The highest BCUT2D eigenvalue weighted by Gasteiger charge is 2.15. The zero-order valence-electron chi connectivity index (χ0n) is 15.9. The number of hydrogen-bond donors (Lipinski definition) is 2. The molecule has 0 atom stereocenters. The van der Waals surface area contributed by atoms with E-state index in [1.165, 1.54) is 6.07 Å². The Kier molecular flexibility index (Phi) is 5.75. The number of para-hydroxylation sites is 2. The molecule has 0 radical (unpaired) electrons. The van der Waals surface area contributed by atoms with Gasteiger partial charge in [-0.05, 0) is 67.1 Å². The van der Waals surface area contributed by atoms with E-state index in [0.29, 0.717) is 11.4 Å². The molecule has 3 aromatic rings. The minimum Gasteiger partial charge on any atom is -0.496 e. The zero-order valence-corrected chi connectivity index (χ0v) is 16.7. The third kappa shape index (κ3) is 4.37. The maximum absolute atomic E-state index is 12.6. The lowest BCUT2D eigenvalue weighted by molar-refractivity contribution is 0.411. The largest absolute Gasteiger partial charge is 0.496 e. The summed E-state index contributed by atoms with van der Waals surface area (Å²) in [4.78, 5) is 0.182. The Bertz CT molecular complexity index is 1060. The van der Waals surface area contributed by atoms with Crippen molar-refractivity contribution in [2.45, 2.75) is 11.8 Å². The lowest BCUT2D eigenvalue weighted by atomic mass is 10.2. The Balaban J connectivity index is 1.75. The molecule has 3 rings (SSSR count). The van der Waals surface area contributed by atoms with Gasteiger partial charge in [0.1, 0.15) is 11.5 Å². The summed E-state index contributed by atoms with van der Waals surface area (Å²) in [6.07, 6.45) is 0. The summed E-state index contributed by atoms with van der Waals surface area (Å²) in [5, 5.41) is 3.25. The fraction of sp³-hybridized carbons (Fsp3) is 0.143. The molecule has 0 saturated heterocycles. The van der Waals surface area contributed by atoms with Crippen molar-refractivity contribution in [1.82, 2.24) is 0 Å². The van der Waals surface area contributed by atoms with Crippen LogP contribution >= 0.6 is 0 Å². The van der Waals surface area contributed by atoms with E-state index in [4.69, 9.17) is 9.47 Å². The second-order valence-electron chi connectivity index (χ2n) is 6.14. The van der Waals surface area contributed by atoms with Crippen molar-refractivity contribution in [3.63, 3.8) is 0 Å². The minimum absolute atomic E-state index is 0.182. The number of aryl methyl sites for hydroxylation is 1. The number of methoxy groups -OCH3 is 2. The van der Waals surface area contributed by atoms with Crippen LogP contribution in [0.4, 0.5) is 17.1 Å². The number of rotatable bonds is 7.